The Morgan fingerprint density at radius 1 is 1.22 bits per heavy atom. The number of carbonyl (C=O) groups excluding carboxylic acids is 1. The lowest BCUT2D eigenvalue weighted by molar-refractivity contribution is 0.202. The van der Waals surface area contributed by atoms with Gasteiger partial charge in [0.15, 0.2) is 9.84 Å². The molecule has 27 heavy (non-hydrogen) atoms. The number of likely N-dealkylation sites (N-methyl/N-ethyl adjacent to an activating group) is 1. The number of rotatable bonds is 10. The molecule has 2 amide bonds. The zero-order chi connectivity index (χ0) is 19.9. The van der Waals surface area contributed by atoms with Crippen molar-refractivity contribution in [1.82, 2.24) is 15.1 Å². The van der Waals surface area contributed by atoms with E-state index in [2.05, 4.69) is 24.1 Å². The van der Waals surface area contributed by atoms with Gasteiger partial charge in [0.25, 0.3) is 0 Å². The molecule has 1 aliphatic heterocycles. The summed E-state index contributed by atoms with van der Waals surface area (Å²) in [5.41, 5.74) is 1.14. The maximum absolute atomic E-state index is 11.7. The van der Waals surface area contributed by atoms with Gasteiger partial charge in [-0.05, 0) is 63.0 Å². The van der Waals surface area contributed by atoms with Gasteiger partial charge in [0, 0.05) is 31.6 Å². The van der Waals surface area contributed by atoms with Crippen LogP contribution in [0.15, 0.2) is 41.4 Å². The highest BCUT2D eigenvalue weighted by Crippen LogP contribution is 2.14. The van der Waals surface area contributed by atoms with E-state index in [1.54, 1.807) is 17.0 Å². The fourth-order valence-electron chi connectivity index (χ4n) is 3.30. The normalized spacial score (nSPS) is 15.9. The van der Waals surface area contributed by atoms with Gasteiger partial charge in [0.2, 0.25) is 0 Å². The first kappa shape index (κ1) is 21.4. The van der Waals surface area contributed by atoms with Crippen LogP contribution in [0.25, 0.3) is 0 Å². The van der Waals surface area contributed by atoms with Gasteiger partial charge in [-0.15, -0.1) is 0 Å². The number of hydrogen-bond donors (Lipinski definition) is 1. The second-order valence-electron chi connectivity index (χ2n) is 7.07. The Morgan fingerprint density at radius 2 is 1.93 bits per heavy atom. The first-order chi connectivity index (χ1) is 12.8. The highest BCUT2D eigenvalue weighted by Gasteiger charge is 2.15. The van der Waals surface area contributed by atoms with Crippen molar-refractivity contribution in [2.45, 2.75) is 44.0 Å². The molecule has 1 heterocycles. The van der Waals surface area contributed by atoms with E-state index in [1.807, 2.05) is 24.4 Å². The number of nitrogens with zero attached hydrogens (tertiary/aromatic N) is 2. The number of hydrogen-bond acceptors (Lipinski definition) is 4. The lowest BCUT2D eigenvalue weighted by atomic mass is 10.1. The zero-order valence-corrected chi connectivity index (χ0v) is 17.3. The summed E-state index contributed by atoms with van der Waals surface area (Å²) in [6.07, 6.45) is 7.92. The monoisotopic (exact) mass is 393 g/mol. The van der Waals surface area contributed by atoms with Crippen molar-refractivity contribution in [1.29, 1.82) is 0 Å². The molecule has 1 unspecified atom stereocenters. The molecule has 0 saturated heterocycles. The van der Waals surface area contributed by atoms with Crippen LogP contribution in [0.3, 0.4) is 0 Å². The highest BCUT2D eigenvalue weighted by molar-refractivity contribution is 7.90. The van der Waals surface area contributed by atoms with E-state index in [-0.39, 0.29) is 6.03 Å². The van der Waals surface area contributed by atoms with E-state index in [9.17, 15) is 13.2 Å². The molecule has 1 aliphatic rings. The molecule has 2 rings (SSSR count). The summed E-state index contributed by atoms with van der Waals surface area (Å²) in [6, 6.07) is 7.53. The lowest BCUT2D eigenvalue weighted by Crippen LogP contribution is -2.40. The van der Waals surface area contributed by atoms with Crippen LogP contribution in [-0.4, -0.2) is 62.7 Å². The summed E-state index contributed by atoms with van der Waals surface area (Å²) in [5, 5.41) is 2.80. The third-order valence-corrected chi connectivity index (χ3v) is 6.05. The van der Waals surface area contributed by atoms with Crippen molar-refractivity contribution in [3.63, 3.8) is 0 Å². The Balaban J connectivity index is 1.79. The largest absolute Gasteiger partial charge is 0.334 e. The van der Waals surface area contributed by atoms with Crippen molar-refractivity contribution in [2.24, 2.45) is 0 Å². The minimum Gasteiger partial charge on any atom is -0.334 e. The van der Waals surface area contributed by atoms with Gasteiger partial charge in [0.1, 0.15) is 0 Å². The zero-order valence-electron chi connectivity index (χ0n) is 16.5. The summed E-state index contributed by atoms with van der Waals surface area (Å²) < 4.78 is 23.1. The molecule has 6 nitrogen and oxygen atoms in total. The van der Waals surface area contributed by atoms with E-state index in [0.29, 0.717) is 17.5 Å². The summed E-state index contributed by atoms with van der Waals surface area (Å²) in [5.74, 6) is 0. The van der Waals surface area contributed by atoms with Crippen molar-refractivity contribution in [3.05, 3.63) is 42.1 Å². The van der Waals surface area contributed by atoms with Gasteiger partial charge < -0.3 is 15.1 Å². The average molecular weight is 394 g/mol. The van der Waals surface area contributed by atoms with Gasteiger partial charge in [-0.3, -0.25) is 0 Å². The third-order valence-electron chi connectivity index (χ3n) is 4.92. The Kier molecular flexibility index (Phi) is 7.86. The van der Waals surface area contributed by atoms with Crippen molar-refractivity contribution in [2.75, 3.05) is 32.4 Å². The molecular weight excluding hydrogens is 362 g/mol. The smallest absolute Gasteiger partial charge is 0.321 e. The summed E-state index contributed by atoms with van der Waals surface area (Å²) in [7, 11) is -3.14. The Labute approximate surface area is 163 Å². The molecular formula is C20H31N3O3S. The van der Waals surface area contributed by atoms with Crippen molar-refractivity contribution >= 4 is 15.9 Å². The Hall–Kier alpha value is -1.86. The van der Waals surface area contributed by atoms with E-state index >= 15 is 0 Å². The van der Waals surface area contributed by atoms with Crippen molar-refractivity contribution < 1.29 is 13.2 Å². The van der Waals surface area contributed by atoms with Crippen molar-refractivity contribution in [3.8, 4) is 0 Å². The summed E-state index contributed by atoms with van der Waals surface area (Å²) in [6.45, 7) is 7.66. The van der Waals surface area contributed by atoms with Crippen LogP contribution >= 0.6 is 0 Å². The van der Waals surface area contributed by atoms with E-state index in [4.69, 9.17) is 0 Å². The lowest BCUT2D eigenvalue weighted by Gasteiger charge is -2.28. The number of sulfone groups is 1. The average Bonchev–Trinajstić information content (AvgIpc) is 2.62. The molecule has 1 N–H and O–H groups in total. The molecule has 0 radical (unpaired) electrons. The SMILES string of the molecule is CCN(CCCCN1C=CCNC1=O)C(C)Cc1ccc(S(C)(=O)=O)cc1. The summed E-state index contributed by atoms with van der Waals surface area (Å²) in [4.78, 5) is 16.2. The second kappa shape index (κ2) is 9.90. The van der Waals surface area contributed by atoms with Crippen LogP contribution in [-0.2, 0) is 16.3 Å². The van der Waals surface area contributed by atoms with Gasteiger partial charge in [-0.25, -0.2) is 13.2 Å². The molecule has 1 aromatic rings. The van der Waals surface area contributed by atoms with E-state index in [1.165, 1.54) is 6.26 Å². The number of unbranched alkanes of at least 4 members (excludes halogenated alkanes) is 1. The molecule has 0 saturated carbocycles. The molecule has 7 heteroatoms. The number of nitrogens with one attached hydrogen (secondary N) is 1. The number of benzene rings is 1. The fourth-order valence-corrected chi connectivity index (χ4v) is 3.93. The topological polar surface area (TPSA) is 69.7 Å². The first-order valence-electron chi connectivity index (χ1n) is 9.55. The van der Waals surface area contributed by atoms with E-state index in [0.717, 1.165) is 44.5 Å². The predicted octanol–water partition coefficient (Wildman–Crippen LogP) is 2.66. The predicted molar refractivity (Wildman–Crippen MR) is 108 cm³/mol. The molecule has 0 fully saturated rings. The van der Waals surface area contributed by atoms with Crippen LogP contribution < -0.4 is 5.32 Å². The van der Waals surface area contributed by atoms with Gasteiger partial charge in [0.05, 0.1) is 4.90 Å². The molecule has 0 spiro atoms. The van der Waals surface area contributed by atoms with E-state index < -0.39 is 9.84 Å². The van der Waals surface area contributed by atoms with Crippen LogP contribution in [0.1, 0.15) is 32.3 Å². The second-order valence-corrected chi connectivity index (χ2v) is 9.08. The molecule has 0 bridgehead atoms. The fraction of sp³-hybridized carbons (Fsp3) is 0.550. The molecule has 0 aromatic heterocycles. The molecule has 150 valence electrons. The van der Waals surface area contributed by atoms with Crippen LogP contribution in [0.5, 0.6) is 0 Å². The number of urea groups is 1. The number of carbonyl (C=O) groups is 1. The third kappa shape index (κ3) is 6.66. The van der Waals surface area contributed by atoms with Crippen LogP contribution in [0.4, 0.5) is 4.79 Å². The standard InChI is InChI=1S/C20H31N3O3S/c1-4-22(13-5-6-14-23-15-7-12-21-20(23)24)17(2)16-18-8-10-19(11-9-18)27(3,25)26/h7-11,15,17H,4-6,12-14,16H2,1-3H3,(H,21,24). The van der Waals surface area contributed by atoms with Crippen LogP contribution in [0, 0.1) is 0 Å². The molecule has 1 aromatic carbocycles. The maximum Gasteiger partial charge on any atom is 0.321 e. The molecule has 1 atom stereocenters. The minimum absolute atomic E-state index is 0.0178. The Morgan fingerprint density at radius 3 is 2.52 bits per heavy atom. The Bertz CT molecular complexity index is 744. The highest BCUT2D eigenvalue weighted by atomic mass is 32.2. The quantitative estimate of drug-likeness (QED) is 0.621. The van der Waals surface area contributed by atoms with Gasteiger partial charge >= 0.3 is 6.03 Å². The van der Waals surface area contributed by atoms with Crippen LogP contribution in [0.2, 0.25) is 0 Å². The maximum atomic E-state index is 11.7. The van der Waals surface area contributed by atoms with Gasteiger partial charge in [-0.1, -0.05) is 19.1 Å². The number of amides is 2. The summed E-state index contributed by atoms with van der Waals surface area (Å²) >= 11 is 0. The minimum atomic E-state index is -3.14. The van der Waals surface area contributed by atoms with Gasteiger partial charge in [-0.2, -0.15) is 0 Å². The molecule has 0 aliphatic carbocycles. The first-order valence-corrected chi connectivity index (χ1v) is 11.4.